The standard InChI is InChI=1S/C23H26F3N3O2/c1-3-14(2)20(21(30)27-19-11-10-15-6-4-7-16(15)12-19)29-22(31)28-18-9-5-8-17(13-18)23(24,25)26/h5,8-14,20H,3-4,6-7H2,1-2H3,(H,27,30)(H2,28,29,31). The van der Waals surface area contributed by atoms with Crippen LogP contribution in [0, 0.1) is 5.92 Å². The molecular weight excluding hydrogens is 407 g/mol. The van der Waals surface area contributed by atoms with Gasteiger partial charge < -0.3 is 16.0 Å². The van der Waals surface area contributed by atoms with E-state index in [1.165, 1.54) is 23.3 Å². The second-order valence-corrected chi connectivity index (χ2v) is 7.87. The maximum Gasteiger partial charge on any atom is 0.416 e. The van der Waals surface area contributed by atoms with E-state index in [1.54, 1.807) is 0 Å². The number of benzene rings is 2. The quantitative estimate of drug-likeness (QED) is 0.573. The van der Waals surface area contributed by atoms with Crippen LogP contribution >= 0.6 is 0 Å². The lowest BCUT2D eigenvalue weighted by Gasteiger charge is -2.24. The van der Waals surface area contributed by atoms with Crippen LogP contribution < -0.4 is 16.0 Å². The molecule has 2 aromatic rings. The number of halogens is 3. The molecule has 166 valence electrons. The molecule has 2 atom stereocenters. The van der Waals surface area contributed by atoms with Gasteiger partial charge in [0.15, 0.2) is 0 Å². The van der Waals surface area contributed by atoms with Crippen molar-refractivity contribution in [3.05, 3.63) is 59.2 Å². The molecule has 3 N–H and O–H groups in total. The smallest absolute Gasteiger partial charge is 0.326 e. The summed E-state index contributed by atoms with van der Waals surface area (Å²) < 4.78 is 38.6. The molecule has 0 saturated carbocycles. The average Bonchev–Trinajstić information content (AvgIpc) is 3.19. The van der Waals surface area contributed by atoms with Crippen LogP contribution in [0.5, 0.6) is 0 Å². The zero-order valence-electron chi connectivity index (χ0n) is 17.5. The summed E-state index contributed by atoms with van der Waals surface area (Å²) in [5, 5.41) is 7.84. The summed E-state index contributed by atoms with van der Waals surface area (Å²) in [5.74, 6) is -0.548. The van der Waals surface area contributed by atoms with Gasteiger partial charge in [-0.05, 0) is 66.6 Å². The number of amides is 3. The van der Waals surface area contributed by atoms with Gasteiger partial charge in [-0.15, -0.1) is 0 Å². The van der Waals surface area contributed by atoms with Gasteiger partial charge in [0.25, 0.3) is 0 Å². The van der Waals surface area contributed by atoms with Crippen molar-refractivity contribution in [1.29, 1.82) is 0 Å². The van der Waals surface area contributed by atoms with Crippen molar-refractivity contribution in [3.8, 4) is 0 Å². The Balaban J connectivity index is 1.68. The van der Waals surface area contributed by atoms with E-state index in [9.17, 15) is 22.8 Å². The summed E-state index contributed by atoms with van der Waals surface area (Å²) >= 11 is 0. The van der Waals surface area contributed by atoms with Crippen molar-refractivity contribution in [1.82, 2.24) is 5.32 Å². The molecule has 2 unspecified atom stereocenters. The SMILES string of the molecule is CCC(C)C(NC(=O)Nc1cccc(C(F)(F)F)c1)C(=O)Nc1ccc2c(c1)CCC2. The molecule has 0 radical (unpaired) electrons. The van der Waals surface area contributed by atoms with Crippen LogP contribution in [0.25, 0.3) is 0 Å². The van der Waals surface area contributed by atoms with E-state index < -0.39 is 23.8 Å². The Labute approximate surface area is 179 Å². The minimum atomic E-state index is -4.51. The molecule has 31 heavy (non-hydrogen) atoms. The fourth-order valence-corrected chi connectivity index (χ4v) is 3.65. The molecule has 1 aliphatic carbocycles. The molecule has 0 saturated heterocycles. The Morgan fingerprint density at radius 1 is 1.00 bits per heavy atom. The molecule has 8 heteroatoms. The number of anilines is 2. The first kappa shape index (κ1) is 22.7. The van der Waals surface area contributed by atoms with Crippen molar-refractivity contribution in [2.24, 2.45) is 5.92 Å². The molecule has 0 spiro atoms. The number of hydrogen-bond acceptors (Lipinski definition) is 2. The second-order valence-electron chi connectivity index (χ2n) is 7.87. The predicted octanol–water partition coefficient (Wildman–Crippen LogP) is 5.37. The number of hydrogen-bond donors (Lipinski definition) is 3. The number of alkyl halides is 3. The average molecular weight is 433 g/mol. The van der Waals surface area contributed by atoms with E-state index in [4.69, 9.17) is 0 Å². The van der Waals surface area contributed by atoms with Crippen molar-refractivity contribution < 1.29 is 22.8 Å². The van der Waals surface area contributed by atoms with Gasteiger partial charge in [0.05, 0.1) is 5.56 Å². The van der Waals surface area contributed by atoms with Crippen molar-refractivity contribution in [2.45, 2.75) is 51.7 Å². The molecule has 0 aliphatic heterocycles. The third kappa shape index (κ3) is 5.77. The van der Waals surface area contributed by atoms with Gasteiger partial charge in [0, 0.05) is 11.4 Å². The van der Waals surface area contributed by atoms with E-state index in [0.29, 0.717) is 12.1 Å². The Bertz CT molecular complexity index is 959. The summed E-state index contributed by atoms with van der Waals surface area (Å²) in [6.45, 7) is 3.73. The third-order valence-corrected chi connectivity index (χ3v) is 5.60. The van der Waals surface area contributed by atoms with Gasteiger partial charge in [-0.2, -0.15) is 13.2 Å². The van der Waals surface area contributed by atoms with Gasteiger partial charge in [0.2, 0.25) is 5.91 Å². The second kappa shape index (κ2) is 9.41. The van der Waals surface area contributed by atoms with Crippen LogP contribution in [0.2, 0.25) is 0 Å². The zero-order valence-corrected chi connectivity index (χ0v) is 17.5. The molecule has 5 nitrogen and oxygen atoms in total. The van der Waals surface area contributed by atoms with Gasteiger partial charge in [-0.25, -0.2) is 4.79 Å². The van der Waals surface area contributed by atoms with E-state index in [-0.39, 0.29) is 17.5 Å². The number of fused-ring (bicyclic) bond motifs is 1. The summed E-state index contributed by atoms with van der Waals surface area (Å²) in [6, 6.07) is 8.57. The van der Waals surface area contributed by atoms with Crippen LogP contribution in [0.1, 0.15) is 43.4 Å². The number of rotatable bonds is 6. The van der Waals surface area contributed by atoms with Crippen LogP contribution in [0.3, 0.4) is 0 Å². The molecule has 0 heterocycles. The van der Waals surface area contributed by atoms with Crippen molar-refractivity contribution >= 4 is 23.3 Å². The number of carbonyl (C=O) groups excluding carboxylic acids is 2. The highest BCUT2D eigenvalue weighted by Gasteiger charge is 2.31. The minimum absolute atomic E-state index is 0.00532. The Morgan fingerprint density at radius 2 is 1.71 bits per heavy atom. The van der Waals surface area contributed by atoms with Crippen LogP contribution in [-0.4, -0.2) is 18.0 Å². The molecule has 0 aromatic heterocycles. The maximum absolute atomic E-state index is 12.9. The summed E-state index contributed by atoms with van der Waals surface area (Å²) in [5.41, 5.74) is 2.30. The van der Waals surface area contributed by atoms with Gasteiger partial charge in [-0.3, -0.25) is 4.79 Å². The molecule has 2 aromatic carbocycles. The van der Waals surface area contributed by atoms with Crippen LogP contribution in [0.4, 0.5) is 29.3 Å². The first-order chi connectivity index (χ1) is 14.7. The first-order valence-corrected chi connectivity index (χ1v) is 10.3. The lowest BCUT2D eigenvalue weighted by molar-refractivity contribution is -0.137. The van der Waals surface area contributed by atoms with Crippen LogP contribution in [0.15, 0.2) is 42.5 Å². The minimum Gasteiger partial charge on any atom is -0.326 e. The largest absolute Gasteiger partial charge is 0.416 e. The molecule has 3 amide bonds. The first-order valence-electron chi connectivity index (χ1n) is 10.3. The Hall–Kier alpha value is -3.03. The van der Waals surface area contributed by atoms with Gasteiger partial charge >= 0.3 is 12.2 Å². The monoisotopic (exact) mass is 433 g/mol. The van der Waals surface area contributed by atoms with E-state index in [0.717, 1.165) is 31.4 Å². The van der Waals surface area contributed by atoms with E-state index in [2.05, 4.69) is 16.0 Å². The molecule has 1 aliphatic rings. The highest BCUT2D eigenvalue weighted by atomic mass is 19.4. The molecular formula is C23H26F3N3O2. The molecule has 0 fully saturated rings. The summed E-state index contributed by atoms with van der Waals surface area (Å²) in [6.07, 6.45) is -0.767. The van der Waals surface area contributed by atoms with Crippen molar-refractivity contribution in [2.75, 3.05) is 10.6 Å². The van der Waals surface area contributed by atoms with E-state index in [1.807, 2.05) is 32.0 Å². The zero-order chi connectivity index (χ0) is 22.6. The lowest BCUT2D eigenvalue weighted by atomic mass is 9.98. The molecule has 3 rings (SSSR count). The van der Waals surface area contributed by atoms with Crippen LogP contribution in [-0.2, 0) is 23.8 Å². The third-order valence-electron chi connectivity index (χ3n) is 5.60. The highest BCUT2D eigenvalue weighted by Crippen LogP contribution is 2.30. The molecule has 0 bridgehead atoms. The summed E-state index contributed by atoms with van der Waals surface area (Å²) in [4.78, 5) is 25.3. The Morgan fingerprint density at radius 3 is 2.42 bits per heavy atom. The highest BCUT2D eigenvalue weighted by molar-refractivity contribution is 5.99. The summed E-state index contributed by atoms with van der Waals surface area (Å²) in [7, 11) is 0. The van der Waals surface area contributed by atoms with Gasteiger partial charge in [0.1, 0.15) is 6.04 Å². The van der Waals surface area contributed by atoms with Gasteiger partial charge in [-0.1, -0.05) is 32.4 Å². The number of carbonyl (C=O) groups is 2. The maximum atomic E-state index is 12.9. The number of nitrogens with one attached hydrogen (secondary N) is 3. The van der Waals surface area contributed by atoms with Crippen molar-refractivity contribution in [3.63, 3.8) is 0 Å². The number of aryl methyl sites for hydroxylation is 2. The predicted molar refractivity (Wildman–Crippen MR) is 114 cm³/mol. The van der Waals surface area contributed by atoms with E-state index >= 15 is 0 Å². The fraction of sp³-hybridized carbons (Fsp3) is 0.391. The normalized spacial score (nSPS) is 15.0. The lowest BCUT2D eigenvalue weighted by Crippen LogP contribution is -2.49. The Kier molecular flexibility index (Phi) is 6.87. The number of urea groups is 1. The fourth-order valence-electron chi connectivity index (χ4n) is 3.65. The topological polar surface area (TPSA) is 70.2 Å².